The monoisotopic (exact) mass is 269 g/mol. The molecule has 0 radical (unpaired) electrons. The molecule has 0 saturated heterocycles. The van der Waals surface area contributed by atoms with Crippen LogP contribution in [0.3, 0.4) is 0 Å². The molecule has 0 unspecified atom stereocenters. The van der Waals surface area contributed by atoms with Crippen molar-refractivity contribution < 1.29 is 10.0 Å². The molecule has 1 saturated carbocycles. The Morgan fingerprint density at radius 1 is 1.32 bits per heavy atom. The lowest BCUT2D eigenvalue weighted by Crippen LogP contribution is -2.47. The Morgan fingerprint density at radius 3 is 2.32 bits per heavy atom. The average Bonchev–Trinajstić information content (AvgIpc) is 2.44. The van der Waals surface area contributed by atoms with E-state index in [0.717, 1.165) is 5.92 Å². The van der Waals surface area contributed by atoms with Crippen LogP contribution in [0.2, 0.25) is 0 Å². The Balaban J connectivity index is 2.39. The van der Waals surface area contributed by atoms with Crippen LogP contribution in [0.5, 0.6) is 0 Å². The van der Waals surface area contributed by atoms with E-state index in [1.165, 1.54) is 32.1 Å². The first-order valence-corrected chi connectivity index (χ1v) is 7.18. The van der Waals surface area contributed by atoms with E-state index in [2.05, 4.69) is 17.4 Å². The minimum Gasteiger partial charge on any atom is -0.409 e. The molecule has 110 valence electrons. The van der Waals surface area contributed by atoms with Crippen molar-refractivity contribution in [3.05, 3.63) is 0 Å². The molecule has 1 aliphatic rings. The molecular weight excluding hydrogens is 242 g/mol. The molecule has 1 aliphatic carbocycles. The first kappa shape index (κ1) is 15.8. The molecular formula is C14H27N3O2. The zero-order valence-electron chi connectivity index (χ0n) is 12.3. The zero-order chi connectivity index (χ0) is 14.5. The largest absolute Gasteiger partial charge is 0.409 e. The standard InChI is InChI=1S/C14H27N3O2/c1-4-10-5-7-11(8-6-10)9-16-13(18)14(2,3)12(15)17-19/h10-11,19H,4-9H2,1-3H3,(H2,15,17)(H,16,18). The summed E-state index contributed by atoms with van der Waals surface area (Å²) in [6.07, 6.45) is 6.16. The van der Waals surface area contributed by atoms with Crippen molar-refractivity contribution in [2.24, 2.45) is 28.1 Å². The highest BCUT2D eigenvalue weighted by molar-refractivity contribution is 6.05. The molecule has 1 fully saturated rings. The summed E-state index contributed by atoms with van der Waals surface area (Å²) >= 11 is 0. The number of nitrogens with one attached hydrogen (secondary N) is 1. The van der Waals surface area contributed by atoms with Crippen molar-refractivity contribution in [2.75, 3.05) is 6.54 Å². The summed E-state index contributed by atoms with van der Waals surface area (Å²) < 4.78 is 0. The quantitative estimate of drug-likeness (QED) is 0.309. The second-order valence-corrected chi connectivity index (χ2v) is 6.12. The summed E-state index contributed by atoms with van der Waals surface area (Å²) in [7, 11) is 0. The van der Waals surface area contributed by atoms with Gasteiger partial charge in [0.2, 0.25) is 5.91 Å². The molecule has 0 bridgehead atoms. The van der Waals surface area contributed by atoms with Crippen molar-refractivity contribution >= 4 is 11.7 Å². The van der Waals surface area contributed by atoms with Gasteiger partial charge in [0, 0.05) is 6.54 Å². The van der Waals surface area contributed by atoms with Crippen LogP contribution in [-0.4, -0.2) is 23.5 Å². The Hall–Kier alpha value is -1.26. The Labute approximate surface area is 115 Å². The van der Waals surface area contributed by atoms with Crippen LogP contribution in [0.4, 0.5) is 0 Å². The van der Waals surface area contributed by atoms with Crippen LogP contribution >= 0.6 is 0 Å². The van der Waals surface area contributed by atoms with Gasteiger partial charge in [0.15, 0.2) is 5.84 Å². The van der Waals surface area contributed by atoms with Gasteiger partial charge in [-0.1, -0.05) is 31.3 Å². The smallest absolute Gasteiger partial charge is 0.233 e. The first-order chi connectivity index (χ1) is 8.91. The lowest BCUT2D eigenvalue weighted by molar-refractivity contribution is -0.126. The number of carbonyl (C=O) groups is 1. The molecule has 0 aromatic rings. The van der Waals surface area contributed by atoms with E-state index >= 15 is 0 Å². The van der Waals surface area contributed by atoms with E-state index in [-0.39, 0.29) is 11.7 Å². The topological polar surface area (TPSA) is 87.7 Å². The molecule has 0 spiro atoms. The van der Waals surface area contributed by atoms with Crippen molar-refractivity contribution in [3.8, 4) is 0 Å². The minimum absolute atomic E-state index is 0.0558. The molecule has 0 aromatic carbocycles. The fourth-order valence-electron chi connectivity index (χ4n) is 2.54. The molecule has 0 heterocycles. The van der Waals surface area contributed by atoms with Crippen molar-refractivity contribution in [2.45, 2.75) is 52.9 Å². The summed E-state index contributed by atoms with van der Waals surface area (Å²) in [6.45, 7) is 6.25. The van der Waals surface area contributed by atoms with Crippen LogP contribution in [0.1, 0.15) is 52.9 Å². The lowest BCUT2D eigenvalue weighted by Gasteiger charge is -2.29. The number of hydrogen-bond acceptors (Lipinski definition) is 3. The minimum atomic E-state index is -0.963. The molecule has 0 aromatic heterocycles. The number of rotatable bonds is 5. The number of nitrogens with zero attached hydrogens (tertiary/aromatic N) is 1. The molecule has 5 heteroatoms. The SMILES string of the molecule is CCC1CCC(CNC(=O)C(C)(C)C(N)=NO)CC1. The van der Waals surface area contributed by atoms with E-state index in [4.69, 9.17) is 10.9 Å². The van der Waals surface area contributed by atoms with Gasteiger partial charge in [0.25, 0.3) is 0 Å². The van der Waals surface area contributed by atoms with E-state index in [9.17, 15) is 4.79 Å². The van der Waals surface area contributed by atoms with Crippen molar-refractivity contribution in [1.29, 1.82) is 0 Å². The summed E-state index contributed by atoms with van der Waals surface area (Å²) in [6, 6.07) is 0. The Morgan fingerprint density at radius 2 is 1.84 bits per heavy atom. The van der Waals surface area contributed by atoms with Gasteiger partial charge in [-0.25, -0.2) is 0 Å². The van der Waals surface area contributed by atoms with Gasteiger partial charge in [-0.15, -0.1) is 0 Å². The van der Waals surface area contributed by atoms with Gasteiger partial charge >= 0.3 is 0 Å². The van der Waals surface area contributed by atoms with E-state index in [0.29, 0.717) is 12.5 Å². The summed E-state index contributed by atoms with van der Waals surface area (Å²) in [5.74, 6) is 1.19. The Kier molecular flexibility index (Phi) is 5.63. The molecule has 0 aliphatic heterocycles. The van der Waals surface area contributed by atoms with E-state index in [1.807, 2.05) is 0 Å². The number of amidine groups is 1. The third kappa shape index (κ3) is 4.11. The second-order valence-electron chi connectivity index (χ2n) is 6.12. The number of oxime groups is 1. The molecule has 0 atom stereocenters. The van der Waals surface area contributed by atoms with E-state index < -0.39 is 5.41 Å². The molecule has 5 nitrogen and oxygen atoms in total. The van der Waals surface area contributed by atoms with Crippen LogP contribution in [0.25, 0.3) is 0 Å². The number of nitrogens with two attached hydrogens (primary N) is 1. The summed E-state index contributed by atoms with van der Waals surface area (Å²) in [5, 5.41) is 14.5. The third-order valence-electron chi connectivity index (χ3n) is 4.41. The number of carbonyl (C=O) groups excluding carboxylic acids is 1. The number of hydrogen-bond donors (Lipinski definition) is 3. The second kappa shape index (κ2) is 6.78. The average molecular weight is 269 g/mol. The van der Waals surface area contributed by atoms with Gasteiger partial charge in [-0.05, 0) is 38.5 Å². The third-order valence-corrected chi connectivity index (χ3v) is 4.41. The van der Waals surface area contributed by atoms with E-state index in [1.54, 1.807) is 13.8 Å². The predicted molar refractivity (Wildman–Crippen MR) is 75.9 cm³/mol. The van der Waals surface area contributed by atoms with Crippen LogP contribution in [0, 0.1) is 17.3 Å². The highest BCUT2D eigenvalue weighted by Crippen LogP contribution is 2.30. The van der Waals surface area contributed by atoms with Gasteiger partial charge in [0.1, 0.15) is 5.41 Å². The zero-order valence-corrected chi connectivity index (χ0v) is 12.3. The van der Waals surface area contributed by atoms with Gasteiger partial charge < -0.3 is 16.3 Å². The summed E-state index contributed by atoms with van der Waals surface area (Å²) in [5.41, 5.74) is 4.57. The van der Waals surface area contributed by atoms with Gasteiger partial charge in [0.05, 0.1) is 0 Å². The first-order valence-electron chi connectivity index (χ1n) is 7.18. The molecule has 4 N–H and O–H groups in total. The highest BCUT2D eigenvalue weighted by Gasteiger charge is 2.33. The molecule has 19 heavy (non-hydrogen) atoms. The van der Waals surface area contributed by atoms with Crippen LogP contribution in [-0.2, 0) is 4.79 Å². The fourth-order valence-corrected chi connectivity index (χ4v) is 2.54. The van der Waals surface area contributed by atoms with Gasteiger partial charge in [-0.3, -0.25) is 4.79 Å². The maximum atomic E-state index is 12.0. The maximum Gasteiger partial charge on any atom is 0.233 e. The predicted octanol–water partition coefficient (Wildman–Crippen LogP) is 2.09. The molecule has 1 rings (SSSR count). The lowest BCUT2D eigenvalue weighted by atomic mass is 9.80. The maximum absolute atomic E-state index is 12.0. The van der Waals surface area contributed by atoms with Crippen molar-refractivity contribution in [1.82, 2.24) is 5.32 Å². The molecule has 1 amide bonds. The number of amides is 1. The summed E-state index contributed by atoms with van der Waals surface area (Å²) in [4.78, 5) is 12.0. The van der Waals surface area contributed by atoms with Crippen LogP contribution in [0.15, 0.2) is 5.16 Å². The van der Waals surface area contributed by atoms with Crippen molar-refractivity contribution in [3.63, 3.8) is 0 Å². The highest BCUT2D eigenvalue weighted by atomic mass is 16.4. The Bertz CT molecular complexity index is 332. The van der Waals surface area contributed by atoms with Crippen LogP contribution < -0.4 is 11.1 Å². The normalized spacial score (nSPS) is 25.1. The van der Waals surface area contributed by atoms with Gasteiger partial charge in [-0.2, -0.15) is 0 Å². The fraction of sp³-hybridized carbons (Fsp3) is 0.857.